The fourth-order valence-electron chi connectivity index (χ4n) is 3.76. The first-order valence-corrected chi connectivity index (χ1v) is 13.9. The fourth-order valence-corrected chi connectivity index (χ4v) is 3.91. The fraction of sp³-hybridized carbons (Fsp3) is 0.958. The molecule has 35 heavy (non-hydrogen) atoms. The number of nitrogens with one attached hydrogen (secondary N) is 3. The molecule has 0 radical (unpaired) electrons. The molecule has 11 heteroatoms. The van der Waals surface area contributed by atoms with Gasteiger partial charge in [0.05, 0.1) is 0 Å². The van der Waals surface area contributed by atoms with Gasteiger partial charge in [-0.3, -0.25) is 14.6 Å². The summed E-state index contributed by atoms with van der Waals surface area (Å²) >= 11 is 6.60. The molecule has 210 valence electrons. The summed E-state index contributed by atoms with van der Waals surface area (Å²) < 4.78 is 1.90. The van der Waals surface area contributed by atoms with Gasteiger partial charge in [0.2, 0.25) is 5.91 Å². The van der Waals surface area contributed by atoms with Gasteiger partial charge in [-0.15, -0.1) is 0 Å². The molecule has 0 saturated carbocycles. The topological polar surface area (TPSA) is 118 Å². The van der Waals surface area contributed by atoms with E-state index in [-0.39, 0.29) is 5.91 Å². The molecular weight excluding hydrogens is 466 g/mol. The van der Waals surface area contributed by atoms with Crippen molar-refractivity contribution in [3.63, 3.8) is 0 Å². The van der Waals surface area contributed by atoms with Crippen LogP contribution in [0, 0.1) is 0 Å². The lowest BCUT2D eigenvalue weighted by Crippen LogP contribution is -2.43. The van der Waals surface area contributed by atoms with E-state index in [4.69, 9.17) is 23.2 Å². The van der Waals surface area contributed by atoms with Gasteiger partial charge in [0.15, 0.2) is 0 Å². The van der Waals surface area contributed by atoms with Gasteiger partial charge >= 0.3 is 0 Å². The molecule has 0 rings (SSSR count). The summed E-state index contributed by atoms with van der Waals surface area (Å²) in [5.41, 5.74) is 11.5. The predicted octanol–water partition coefficient (Wildman–Crippen LogP) is -0.599. The molecule has 0 aliphatic heterocycles. The first-order chi connectivity index (χ1) is 17.0. The molecule has 0 aromatic carbocycles. The quantitative estimate of drug-likeness (QED) is 0.0751. The van der Waals surface area contributed by atoms with Gasteiger partial charge in [0.1, 0.15) is 0 Å². The third-order valence-corrected chi connectivity index (χ3v) is 6.44. The van der Waals surface area contributed by atoms with Gasteiger partial charge in [-0.1, -0.05) is 13.3 Å². The summed E-state index contributed by atoms with van der Waals surface area (Å²) in [5.74, 6) is 0.0970. The second-order valence-corrected chi connectivity index (χ2v) is 9.46. The van der Waals surface area contributed by atoms with Crippen molar-refractivity contribution in [1.82, 2.24) is 35.1 Å². The Hall–Kier alpha value is -0.560. The maximum absolute atomic E-state index is 11.5. The van der Waals surface area contributed by atoms with Gasteiger partial charge in [-0.2, -0.15) is 0 Å². The lowest BCUT2D eigenvalue weighted by Gasteiger charge is -2.29. The van der Waals surface area contributed by atoms with Gasteiger partial charge in [0.25, 0.3) is 0 Å². The van der Waals surface area contributed by atoms with E-state index >= 15 is 0 Å². The molecule has 0 saturated heterocycles. The summed E-state index contributed by atoms with van der Waals surface area (Å²) in [4.78, 5) is 18.8. The first kappa shape index (κ1) is 34.4. The van der Waals surface area contributed by atoms with E-state index in [0.29, 0.717) is 19.5 Å². The summed E-state index contributed by atoms with van der Waals surface area (Å²) in [7, 11) is 3.95. The van der Waals surface area contributed by atoms with Crippen molar-refractivity contribution in [2.24, 2.45) is 11.5 Å². The van der Waals surface area contributed by atoms with E-state index in [2.05, 4.69) is 30.7 Å². The number of nitrogens with two attached hydrogens (primary N) is 2. The Morgan fingerprint density at radius 2 is 1.17 bits per heavy atom. The molecule has 0 fully saturated rings. The average molecular weight is 522 g/mol. The largest absolute Gasteiger partial charge is 0.355 e. The van der Waals surface area contributed by atoms with E-state index in [9.17, 15) is 4.79 Å². The van der Waals surface area contributed by atoms with Crippen LogP contribution in [0.2, 0.25) is 0 Å². The van der Waals surface area contributed by atoms with Crippen LogP contribution in [0.25, 0.3) is 0 Å². The highest BCUT2D eigenvalue weighted by atomic mass is 35.5. The maximum atomic E-state index is 11.5. The van der Waals surface area contributed by atoms with Crippen LogP contribution in [0.1, 0.15) is 32.6 Å². The number of unbranched alkanes of at least 4 members (excludes halogenated alkanes) is 2. The van der Waals surface area contributed by atoms with Crippen LogP contribution >= 0.6 is 11.8 Å². The highest BCUT2D eigenvalue weighted by molar-refractivity contribution is 6.13. The van der Waals surface area contributed by atoms with Crippen molar-refractivity contribution >= 4 is 17.7 Å². The molecule has 10 nitrogen and oxygen atoms in total. The Balaban J connectivity index is 4.50. The lowest BCUT2D eigenvalue weighted by atomic mass is 10.2. The van der Waals surface area contributed by atoms with E-state index in [1.54, 1.807) is 0 Å². The Kier molecular flexibility index (Phi) is 24.7. The Morgan fingerprint density at radius 1 is 0.657 bits per heavy atom. The van der Waals surface area contributed by atoms with Crippen LogP contribution < -0.4 is 27.4 Å². The van der Waals surface area contributed by atoms with Crippen LogP contribution in [0.15, 0.2) is 0 Å². The Morgan fingerprint density at radius 3 is 1.69 bits per heavy atom. The number of likely N-dealkylation sites (N-methyl/N-ethyl adjacent to an activating group) is 2. The van der Waals surface area contributed by atoms with Crippen LogP contribution in [-0.2, 0) is 4.79 Å². The first-order valence-electron chi connectivity index (χ1n) is 13.5. The van der Waals surface area contributed by atoms with Crippen molar-refractivity contribution in [3.8, 4) is 0 Å². The summed E-state index contributed by atoms with van der Waals surface area (Å²) in [6, 6.07) is 0. The number of nitrogens with zero attached hydrogens (tertiary/aromatic N) is 4. The third-order valence-electron chi connectivity index (χ3n) is 6.10. The predicted molar refractivity (Wildman–Crippen MR) is 150 cm³/mol. The van der Waals surface area contributed by atoms with E-state index in [0.717, 1.165) is 98.0 Å². The van der Waals surface area contributed by atoms with Gasteiger partial charge in [-0.25, -0.2) is 4.42 Å². The summed E-state index contributed by atoms with van der Waals surface area (Å²) in [6.45, 7) is 16.1. The molecule has 0 aromatic heterocycles. The lowest BCUT2D eigenvalue weighted by molar-refractivity contribution is -0.120. The van der Waals surface area contributed by atoms with E-state index in [1.165, 1.54) is 12.8 Å². The van der Waals surface area contributed by atoms with Crippen molar-refractivity contribution < 1.29 is 4.79 Å². The number of amides is 1. The van der Waals surface area contributed by atoms with Gasteiger partial charge in [0, 0.05) is 98.0 Å². The second kappa shape index (κ2) is 25.1. The second-order valence-electron chi connectivity index (χ2n) is 8.98. The molecule has 0 aromatic rings. The highest BCUT2D eigenvalue weighted by Gasteiger charge is 2.12. The standard InChI is InChI=1S/C24H56ClN9O/c1-4-24(35)30-12-17-32(15-10-28-2)20-22-34(25)23-21-33(16-11-29-3)19-18-31(14-9-27)13-7-5-6-8-26/h28-29H,4-23,26-27H2,1-3H3,(H,30,35). The molecule has 0 heterocycles. The highest BCUT2D eigenvalue weighted by Crippen LogP contribution is 2.01. The van der Waals surface area contributed by atoms with Crippen LogP contribution in [0.3, 0.4) is 0 Å². The Bertz CT molecular complexity index is 476. The minimum absolute atomic E-state index is 0.0970. The zero-order chi connectivity index (χ0) is 26.2. The molecule has 0 aliphatic rings. The van der Waals surface area contributed by atoms with Gasteiger partial charge in [-0.05, 0) is 51.8 Å². The maximum Gasteiger partial charge on any atom is 0.219 e. The number of halogens is 1. The smallest absolute Gasteiger partial charge is 0.219 e. The number of carbonyl (C=O) groups is 1. The Labute approximate surface area is 220 Å². The van der Waals surface area contributed by atoms with Crippen LogP contribution in [-0.4, -0.2) is 144 Å². The third kappa shape index (κ3) is 21.2. The molecule has 7 N–H and O–H groups in total. The molecule has 0 bridgehead atoms. The molecule has 1 amide bonds. The SMILES string of the molecule is CCC(=O)NCCN(CCNC)CCN(Cl)CCN(CCNC)CCN(CCN)CCCCCN. The molecule has 0 aliphatic carbocycles. The van der Waals surface area contributed by atoms with Crippen LogP contribution in [0.4, 0.5) is 0 Å². The number of rotatable bonds is 26. The molecule has 0 atom stereocenters. The van der Waals surface area contributed by atoms with Crippen molar-refractivity contribution in [2.75, 3.05) is 119 Å². The minimum atomic E-state index is 0.0970. The van der Waals surface area contributed by atoms with Gasteiger partial charge < -0.3 is 32.3 Å². The van der Waals surface area contributed by atoms with E-state index in [1.807, 2.05) is 25.4 Å². The van der Waals surface area contributed by atoms with Crippen LogP contribution in [0.5, 0.6) is 0 Å². The number of carbonyl (C=O) groups excluding carboxylic acids is 1. The average Bonchev–Trinajstić information content (AvgIpc) is 2.86. The van der Waals surface area contributed by atoms with Crippen molar-refractivity contribution in [3.05, 3.63) is 0 Å². The monoisotopic (exact) mass is 521 g/mol. The normalized spacial score (nSPS) is 11.9. The van der Waals surface area contributed by atoms with E-state index < -0.39 is 0 Å². The zero-order valence-electron chi connectivity index (χ0n) is 22.9. The van der Waals surface area contributed by atoms with Crippen molar-refractivity contribution in [2.45, 2.75) is 32.6 Å². The zero-order valence-corrected chi connectivity index (χ0v) is 23.6. The summed E-state index contributed by atoms with van der Waals surface area (Å²) in [5, 5.41) is 9.42. The summed E-state index contributed by atoms with van der Waals surface area (Å²) in [6.07, 6.45) is 3.97. The molecule has 0 unspecified atom stereocenters. The number of hydrogen-bond donors (Lipinski definition) is 5. The van der Waals surface area contributed by atoms with Crippen molar-refractivity contribution in [1.29, 1.82) is 0 Å². The molecule has 0 spiro atoms. The minimum Gasteiger partial charge on any atom is -0.355 e. The number of hydrogen-bond acceptors (Lipinski definition) is 9. The molecular formula is C24H56ClN9O.